The molecule has 1 N–H and O–H groups in total. The van der Waals surface area contributed by atoms with Crippen molar-refractivity contribution in [3.05, 3.63) is 58.9 Å². The van der Waals surface area contributed by atoms with Crippen LogP contribution < -0.4 is 33.5 Å². The van der Waals surface area contributed by atoms with Gasteiger partial charge >= 0.3 is 39.8 Å². The van der Waals surface area contributed by atoms with Gasteiger partial charge in [0.05, 0.1) is 75.2 Å². The highest BCUT2D eigenvalue weighted by Gasteiger charge is 2.49. The lowest BCUT2D eigenvalue weighted by Crippen LogP contribution is -2.60. The summed E-state index contributed by atoms with van der Waals surface area (Å²) in [4.78, 5) is 61.9. The van der Waals surface area contributed by atoms with Crippen molar-refractivity contribution in [3.8, 4) is 23.5 Å². The summed E-state index contributed by atoms with van der Waals surface area (Å²) in [6, 6.07) is 10.4. The third-order valence-electron chi connectivity index (χ3n) is 20.4. The van der Waals surface area contributed by atoms with E-state index in [9.17, 15) is 31.2 Å². The Morgan fingerprint density at radius 3 is 1.71 bits per heavy atom. The summed E-state index contributed by atoms with van der Waals surface area (Å²) < 4.78 is 109. The van der Waals surface area contributed by atoms with E-state index in [1.54, 1.807) is 18.2 Å². The molecule has 2 aliphatic carbocycles. The number of piperazine rings is 2. The second-order valence-corrected chi connectivity index (χ2v) is 32.5. The van der Waals surface area contributed by atoms with Crippen LogP contribution >= 0.6 is 0 Å². The predicted octanol–water partition coefficient (Wildman–Crippen LogP) is 10.5. The van der Waals surface area contributed by atoms with Crippen LogP contribution in [0.5, 0.6) is 23.5 Å². The smallest absolute Gasteiger partial charge is 0.467 e. The molecule has 8 heterocycles. The number of nitrogens with zero attached hydrogens (tertiary/aromatic N) is 11. The molecule has 0 radical (unpaired) electrons. The molecule has 2 amide bonds. The molecule has 2 aromatic heterocycles. The van der Waals surface area contributed by atoms with E-state index in [4.69, 9.17) is 57.8 Å². The summed E-state index contributed by atoms with van der Waals surface area (Å²) in [6.07, 6.45) is 11.5. The van der Waals surface area contributed by atoms with E-state index >= 15 is 0 Å². The Balaban J connectivity index is 0.000000177. The molecule has 4 saturated heterocycles. The third-order valence-corrected chi connectivity index (χ3v) is 21.4. The fourth-order valence-electron chi connectivity index (χ4n) is 15.9. The quantitative estimate of drug-likeness (QED) is 0.0422. The minimum atomic E-state index is -5.77. The van der Waals surface area contributed by atoms with Gasteiger partial charge in [0, 0.05) is 121 Å². The minimum absolute atomic E-state index is 0.00109. The molecule has 574 valence electrons. The number of morpholine rings is 2. The van der Waals surface area contributed by atoms with Crippen molar-refractivity contribution in [1.82, 2.24) is 49.8 Å². The molecule has 8 aliphatic rings. The Morgan fingerprint density at radius 1 is 0.650 bits per heavy atom. The van der Waals surface area contributed by atoms with Gasteiger partial charge in [0.2, 0.25) is 0 Å². The first-order valence-electron chi connectivity index (χ1n) is 37.3. The number of halogens is 3. The predicted molar refractivity (Wildman–Crippen MR) is 386 cm³/mol. The van der Waals surface area contributed by atoms with Gasteiger partial charge in [0.1, 0.15) is 28.6 Å². The number of fused-ring (bicyclic) bond motifs is 4. The molecule has 4 unspecified atom stereocenters. The Labute approximate surface area is 607 Å². The molecule has 2 saturated carbocycles. The van der Waals surface area contributed by atoms with Gasteiger partial charge in [-0.2, -0.15) is 41.5 Å². The van der Waals surface area contributed by atoms with Gasteiger partial charge in [-0.25, -0.2) is 9.59 Å². The van der Waals surface area contributed by atoms with Crippen LogP contribution in [0.2, 0.25) is 0 Å². The summed E-state index contributed by atoms with van der Waals surface area (Å²) >= 11 is 0. The standard InChI is InChI=1S/C36H60N6O4.C25H42N6O4.C13H11F3O5S/c1-25-20-28-10-7-8-11-29(28)32(21-25)40-14-12-30-31(24-40)37-34(45-17-9-13-39-15-18-44-19-16-39)38-33(30)41-22-26(2)42(27(3)23-41)35(43)46-36(4,5)6;1-18-16-30(17-19(2)31(18)24(32)35-25(3,4)5)22-20-7-8-26-15-21(20)27-23(28-22)34-12-6-9-29-10-13-33-14-11-29;1-19-8-20-10-6-9-4-2-3-5-11(9)12(7-10)21-22(17,18)13(14,15)16/h25-29,32H,7-24H2,1-6H3;18-19,26H,6-17H2,1-5H3;2-7H,8H2,1H3/t25?,26-,27+,28?,29?,32?;18-,19+;. The average Bonchev–Trinajstić information content (AvgIpc) is 0.751. The van der Waals surface area contributed by atoms with Crippen LogP contribution in [0, 0.1) is 17.8 Å². The van der Waals surface area contributed by atoms with Crippen LogP contribution in [0.3, 0.4) is 0 Å². The molecule has 25 nitrogen and oxygen atoms in total. The zero-order valence-electron chi connectivity index (χ0n) is 62.8. The minimum Gasteiger partial charge on any atom is -0.467 e. The number of benzene rings is 2. The highest BCUT2D eigenvalue weighted by molar-refractivity contribution is 7.88. The summed E-state index contributed by atoms with van der Waals surface area (Å²) in [6.45, 7) is 38.9. The number of carbonyl (C=O) groups excluding carboxylic acids is 2. The van der Waals surface area contributed by atoms with Gasteiger partial charge < -0.3 is 57.2 Å². The van der Waals surface area contributed by atoms with Crippen molar-refractivity contribution in [1.29, 1.82) is 0 Å². The topological polar surface area (TPSA) is 238 Å². The van der Waals surface area contributed by atoms with Crippen LogP contribution in [0.25, 0.3) is 10.8 Å². The van der Waals surface area contributed by atoms with Gasteiger partial charge in [-0.1, -0.05) is 50.5 Å². The number of anilines is 2. The number of carbonyl (C=O) groups is 2. The number of aromatic nitrogens is 4. The first kappa shape index (κ1) is 79.2. The number of hydrogen-bond acceptors (Lipinski definition) is 23. The number of nitrogens with one attached hydrogen (secondary N) is 1. The van der Waals surface area contributed by atoms with E-state index in [1.807, 2.05) is 51.3 Å². The number of hydrogen-bond donors (Lipinski definition) is 1. The van der Waals surface area contributed by atoms with Crippen LogP contribution in [-0.4, -0.2) is 244 Å². The summed E-state index contributed by atoms with van der Waals surface area (Å²) in [5.41, 5.74) is -1.94. The van der Waals surface area contributed by atoms with Crippen molar-refractivity contribution in [2.24, 2.45) is 17.8 Å². The summed E-state index contributed by atoms with van der Waals surface area (Å²) in [5, 5.41) is 4.09. The SMILES string of the molecule is CC1CC2CCCCC2C(N2CCc3c(nc(OCCCN4CCOCC4)nc3N3C[C@@H](C)N(C(=O)OC(C)(C)C)[C@@H](C)C3)C2)C1.COCOc1cc(OS(=O)(=O)C(F)(F)F)c2ccccc2c1.C[C@@H]1CN(c2nc(OCCCN3CCOCC3)nc3c2CCNC3)C[C@H](C)N1C(=O)OC(C)(C)C. The van der Waals surface area contributed by atoms with E-state index in [1.165, 1.54) is 68.9 Å². The molecule has 6 aliphatic heterocycles. The highest BCUT2D eigenvalue weighted by atomic mass is 32.2. The van der Waals surface area contributed by atoms with Gasteiger partial charge in [-0.3, -0.25) is 24.5 Å². The fourth-order valence-corrected chi connectivity index (χ4v) is 16.4. The van der Waals surface area contributed by atoms with E-state index < -0.39 is 32.6 Å². The normalized spacial score (nSPS) is 24.7. The van der Waals surface area contributed by atoms with E-state index in [0.717, 1.165) is 164 Å². The molecule has 4 aromatic rings. The van der Waals surface area contributed by atoms with Crippen molar-refractivity contribution in [2.75, 3.05) is 142 Å². The number of alkyl halides is 3. The maximum atomic E-state index is 13.2. The number of ether oxygens (including phenoxy) is 8. The number of amides is 2. The monoisotopic (exact) mass is 1470 g/mol. The van der Waals surface area contributed by atoms with Crippen molar-refractivity contribution < 1.29 is 73.3 Å². The Bertz CT molecular complexity index is 3540. The van der Waals surface area contributed by atoms with Gasteiger partial charge in [0.15, 0.2) is 12.5 Å². The molecule has 0 spiro atoms. The molecular formula is C74H113F3N12O13S. The zero-order valence-corrected chi connectivity index (χ0v) is 63.6. The highest BCUT2D eigenvalue weighted by Crippen LogP contribution is 2.46. The Morgan fingerprint density at radius 2 is 1.17 bits per heavy atom. The second-order valence-electron chi connectivity index (χ2n) is 31.0. The Hall–Kier alpha value is -6.34. The van der Waals surface area contributed by atoms with Crippen LogP contribution in [-0.2, 0) is 59.7 Å². The fraction of sp³-hybridized carbons (Fsp3) is 0.730. The first-order valence-corrected chi connectivity index (χ1v) is 38.7. The average molecular weight is 1470 g/mol. The maximum absolute atomic E-state index is 13.2. The van der Waals surface area contributed by atoms with Crippen molar-refractivity contribution in [3.63, 3.8) is 0 Å². The number of methoxy groups -OCH3 is 1. The summed E-state index contributed by atoms with van der Waals surface area (Å²) in [5.74, 6) is 4.10. The van der Waals surface area contributed by atoms with Crippen molar-refractivity contribution in [2.45, 2.75) is 200 Å². The Kier molecular flexibility index (Phi) is 27.2. The molecule has 0 bridgehead atoms. The zero-order chi connectivity index (χ0) is 73.8. The van der Waals surface area contributed by atoms with Crippen LogP contribution in [0.15, 0.2) is 36.4 Å². The lowest BCUT2D eigenvalue weighted by molar-refractivity contribution is -0.0500. The van der Waals surface area contributed by atoms with Gasteiger partial charge in [-0.05, 0) is 150 Å². The van der Waals surface area contributed by atoms with E-state index in [2.05, 4.69) is 68.6 Å². The van der Waals surface area contributed by atoms with Crippen molar-refractivity contribution >= 4 is 44.7 Å². The maximum Gasteiger partial charge on any atom is 0.534 e. The second kappa shape index (κ2) is 35.4. The summed E-state index contributed by atoms with van der Waals surface area (Å²) in [7, 11) is -4.40. The molecule has 8 atom stereocenters. The molecule has 103 heavy (non-hydrogen) atoms. The largest absolute Gasteiger partial charge is 0.534 e. The van der Waals surface area contributed by atoms with Gasteiger partial charge in [-0.15, -0.1) is 0 Å². The molecule has 2 aromatic carbocycles. The lowest BCUT2D eigenvalue weighted by Gasteiger charge is -2.49. The molecule has 12 rings (SSSR count). The van der Waals surface area contributed by atoms with Crippen LogP contribution in [0.1, 0.15) is 150 Å². The molecule has 6 fully saturated rings. The van der Waals surface area contributed by atoms with E-state index in [-0.39, 0.29) is 54.3 Å². The van der Waals surface area contributed by atoms with E-state index in [0.29, 0.717) is 62.8 Å². The number of rotatable bonds is 18. The van der Waals surface area contributed by atoms with Crippen LogP contribution in [0.4, 0.5) is 34.4 Å². The molecule has 29 heteroatoms. The van der Waals surface area contributed by atoms with Gasteiger partial charge in [0.25, 0.3) is 0 Å². The molecular weight excluding hydrogens is 1350 g/mol. The first-order chi connectivity index (χ1) is 49.0. The lowest BCUT2D eigenvalue weighted by atomic mass is 9.65. The third kappa shape index (κ3) is 21.5.